The molecule has 4 nitrogen and oxygen atoms in total. The molecule has 1 unspecified atom stereocenters. The van der Waals surface area contributed by atoms with Crippen molar-refractivity contribution in [2.24, 2.45) is 11.7 Å². The third-order valence-corrected chi connectivity index (χ3v) is 4.75. The van der Waals surface area contributed by atoms with Crippen LogP contribution in [0.3, 0.4) is 0 Å². The number of aryl methyl sites for hydroxylation is 1. The first-order valence-corrected chi connectivity index (χ1v) is 8.66. The number of nitrogens with two attached hydrogens (primary N) is 2. The summed E-state index contributed by atoms with van der Waals surface area (Å²) in [5.41, 5.74) is 17.4. The van der Waals surface area contributed by atoms with Crippen molar-refractivity contribution in [1.29, 1.82) is 0 Å². The molecule has 4 N–H and O–H groups in total. The number of nitrogen functional groups attached to an aromatic ring is 1. The lowest BCUT2D eigenvalue weighted by atomic mass is 9.83. The largest absolute Gasteiger partial charge is 0.495 e. The van der Waals surface area contributed by atoms with E-state index in [2.05, 4.69) is 34.6 Å². The molecular weight excluding hydrogens is 298 g/mol. The Hall–Kier alpha value is -1.81. The number of anilines is 1. The van der Waals surface area contributed by atoms with E-state index in [1.807, 2.05) is 12.1 Å². The molecule has 0 aliphatic carbocycles. The first-order valence-electron chi connectivity index (χ1n) is 8.66. The van der Waals surface area contributed by atoms with Gasteiger partial charge in [-0.3, -0.25) is 4.98 Å². The molecule has 1 aromatic heterocycles. The van der Waals surface area contributed by atoms with Crippen LogP contribution >= 0.6 is 0 Å². The smallest absolute Gasteiger partial charge is 0.142 e. The van der Waals surface area contributed by atoms with Gasteiger partial charge in [0.2, 0.25) is 0 Å². The summed E-state index contributed by atoms with van der Waals surface area (Å²) in [4.78, 5) is 4.98. The Bertz CT molecular complexity index is 732. The highest BCUT2D eigenvalue weighted by atomic mass is 16.5. The average Bonchev–Trinajstić information content (AvgIpc) is 2.52. The normalized spacial score (nSPS) is 13.3. The Morgan fingerprint density at radius 3 is 2.46 bits per heavy atom. The van der Waals surface area contributed by atoms with Crippen LogP contribution in [-0.4, -0.2) is 18.6 Å². The fraction of sp³-hybridized carbons (Fsp3) is 0.550. The molecule has 0 spiro atoms. The summed E-state index contributed by atoms with van der Waals surface area (Å²) in [7, 11) is 1.65. The van der Waals surface area contributed by atoms with Crippen molar-refractivity contribution in [3.8, 4) is 5.75 Å². The lowest BCUT2D eigenvalue weighted by Gasteiger charge is -2.25. The van der Waals surface area contributed by atoms with Crippen molar-refractivity contribution in [1.82, 2.24) is 4.98 Å². The minimum absolute atomic E-state index is 0.0189. The van der Waals surface area contributed by atoms with Gasteiger partial charge in [0.05, 0.1) is 18.3 Å². The molecule has 1 atom stereocenters. The fourth-order valence-electron chi connectivity index (χ4n) is 3.21. The van der Waals surface area contributed by atoms with Crippen molar-refractivity contribution in [2.45, 2.75) is 52.9 Å². The van der Waals surface area contributed by atoms with E-state index in [0.717, 1.165) is 29.4 Å². The standard InChI is InChI=1S/C20H31N3O/c1-12(11-21)7-8-14-13(2)17-15(23-19(14)20(3,4)5)9-10-16(24-6)18(17)22/h9-10,12H,7-8,11,21-22H2,1-6H3. The molecule has 2 aromatic rings. The Balaban J connectivity index is 2.70. The number of methoxy groups -OCH3 is 1. The zero-order valence-electron chi connectivity index (χ0n) is 15.9. The summed E-state index contributed by atoms with van der Waals surface area (Å²) in [6.45, 7) is 11.7. The van der Waals surface area contributed by atoms with Gasteiger partial charge in [0.15, 0.2) is 0 Å². The second kappa shape index (κ2) is 6.98. The summed E-state index contributed by atoms with van der Waals surface area (Å²) in [5, 5.41) is 1.01. The minimum atomic E-state index is -0.0189. The van der Waals surface area contributed by atoms with Crippen LogP contribution in [0.2, 0.25) is 0 Å². The third kappa shape index (κ3) is 3.48. The lowest BCUT2D eigenvalue weighted by Crippen LogP contribution is -2.19. The SMILES string of the molecule is COc1ccc2nc(C(C)(C)C)c(CCC(C)CN)c(C)c2c1N. The third-order valence-electron chi connectivity index (χ3n) is 4.75. The van der Waals surface area contributed by atoms with E-state index in [1.54, 1.807) is 7.11 Å². The molecule has 0 fully saturated rings. The summed E-state index contributed by atoms with van der Waals surface area (Å²) in [6, 6.07) is 3.89. The van der Waals surface area contributed by atoms with Crippen LogP contribution in [0.1, 0.15) is 50.9 Å². The van der Waals surface area contributed by atoms with Crippen molar-refractivity contribution in [2.75, 3.05) is 19.4 Å². The molecular formula is C20H31N3O. The number of fused-ring (bicyclic) bond motifs is 1. The number of rotatable bonds is 5. The number of aromatic nitrogens is 1. The predicted octanol–water partition coefficient (Wildman–Crippen LogP) is 3.96. The first-order chi connectivity index (χ1) is 11.2. The Morgan fingerprint density at radius 2 is 1.92 bits per heavy atom. The predicted molar refractivity (Wildman–Crippen MR) is 103 cm³/mol. The van der Waals surface area contributed by atoms with Crippen LogP contribution in [0.15, 0.2) is 12.1 Å². The fourth-order valence-corrected chi connectivity index (χ4v) is 3.21. The van der Waals surface area contributed by atoms with E-state index in [1.165, 1.54) is 11.1 Å². The van der Waals surface area contributed by atoms with Gasteiger partial charge >= 0.3 is 0 Å². The van der Waals surface area contributed by atoms with Gasteiger partial charge < -0.3 is 16.2 Å². The van der Waals surface area contributed by atoms with Gasteiger partial charge in [-0.2, -0.15) is 0 Å². The zero-order valence-corrected chi connectivity index (χ0v) is 15.9. The monoisotopic (exact) mass is 329 g/mol. The number of hydrogen-bond acceptors (Lipinski definition) is 4. The highest BCUT2D eigenvalue weighted by Gasteiger charge is 2.24. The van der Waals surface area contributed by atoms with Gasteiger partial charge in [-0.1, -0.05) is 27.7 Å². The van der Waals surface area contributed by atoms with Gasteiger partial charge in [0.25, 0.3) is 0 Å². The summed E-state index contributed by atoms with van der Waals surface area (Å²) in [5.74, 6) is 1.20. The molecule has 1 aromatic carbocycles. The van der Waals surface area contributed by atoms with Gasteiger partial charge in [-0.05, 0) is 55.5 Å². The van der Waals surface area contributed by atoms with Crippen molar-refractivity contribution >= 4 is 16.6 Å². The average molecular weight is 329 g/mol. The van der Waals surface area contributed by atoms with Crippen LogP contribution in [0.5, 0.6) is 5.75 Å². The molecule has 0 aliphatic rings. The van der Waals surface area contributed by atoms with Gasteiger partial charge in [0.1, 0.15) is 5.75 Å². The zero-order chi connectivity index (χ0) is 18.1. The number of ether oxygens (including phenoxy) is 1. The highest BCUT2D eigenvalue weighted by molar-refractivity contribution is 5.97. The van der Waals surface area contributed by atoms with Crippen molar-refractivity contribution in [3.05, 3.63) is 29.0 Å². The molecule has 0 aliphatic heterocycles. The number of hydrogen-bond donors (Lipinski definition) is 2. The summed E-state index contributed by atoms with van der Waals surface area (Å²) < 4.78 is 5.39. The second-order valence-electron chi connectivity index (χ2n) is 7.77. The van der Waals surface area contributed by atoms with Crippen LogP contribution in [0.4, 0.5) is 5.69 Å². The number of nitrogens with zero attached hydrogens (tertiary/aromatic N) is 1. The quantitative estimate of drug-likeness (QED) is 0.814. The maximum Gasteiger partial charge on any atom is 0.142 e. The molecule has 0 radical (unpaired) electrons. The van der Waals surface area contributed by atoms with E-state index in [4.69, 9.17) is 21.2 Å². The van der Waals surface area contributed by atoms with Gasteiger partial charge in [-0.15, -0.1) is 0 Å². The molecule has 0 saturated heterocycles. The Labute approximate surface area is 145 Å². The molecule has 0 saturated carbocycles. The number of benzene rings is 1. The van der Waals surface area contributed by atoms with Crippen LogP contribution in [0.25, 0.3) is 10.9 Å². The molecule has 1 heterocycles. The molecule has 0 bridgehead atoms. The maximum atomic E-state index is 6.36. The van der Waals surface area contributed by atoms with Crippen LogP contribution in [0, 0.1) is 12.8 Å². The highest BCUT2D eigenvalue weighted by Crippen LogP contribution is 2.37. The van der Waals surface area contributed by atoms with Crippen LogP contribution in [-0.2, 0) is 11.8 Å². The molecule has 0 amide bonds. The van der Waals surface area contributed by atoms with Gasteiger partial charge in [-0.25, -0.2) is 0 Å². The second-order valence-corrected chi connectivity index (χ2v) is 7.77. The molecule has 2 rings (SSSR count). The van der Waals surface area contributed by atoms with E-state index in [-0.39, 0.29) is 5.41 Å². The van der Waals surface area contributed by atoms with Crippen LogP contribution < -0.4 is 16.2 Å². The summed E-state index contributed by atoms with van der Waals surface area (Å²) >= 11 is 0. The van der Waals surface area contributed by atoms with Crippen molar-refractivity contribution in [3.63, 3.8) is 0 Å². The Morgan fingerprint density at radius 1 is 1.25 bits per heavy atom. The van der Waals surface area contributed by atoms with E-state index >= 15 is 0 Å². The molecule has 24 heavy (non-hydrogen) atoms. The van der Waals surface area contributed by atoms with E-state index in [9.17, 15) is 0 Å². The molecule has 132 valence electrons. The maximum absolute atomic E-state index is 6.36. The Kier molecular flexibility index (Phi) is 5.38. The van der Waals surface area contributed by atoms with E-state index in [0.29, 0.717) is 23.9 Å². The minimum Gasteiger partial charge on any atom is -0.495 e. The van der Waals surface area contributed by atoms with Gasteiger partial charge in [0, 0.05) is 16.5 Å². The van der Waals surface area contributed by atoms with E-state index < -0.39 is 0 Å². The summed E-state index contributed by atoms with van der Waals surface area (Å²) in [6.07, 6.45) is 2.02. The van der Waals surface area contributed by atoms with Crippen molar-refractivity contribution < 1.29 is 4.74 Å². The lowest BCUT2D eigenvalue weighted by molar-refractivity contribution is 0.417. The first kappa shape index (κ1) is 18.5. The topological polar surface area (TPSA) is 74.2 Å². The molecule has 4 heteroatoms. The number of pyridine rings is 1.